The summed E-state index contributed by atoms with van der Waals surface area (Å²) in [6.07, 6.45) is 0.781. The van der Waals surface area contributed by atoms with Gasteiger partial charge in [-0.3, -0.25) is 0 Å². The standard InChI is InChI=1S/C21H15ClFN/c22-18-9-5-4-8-16(18)21-20(23)17-13-15(10-11-19(17)24-21)12-14-6-2-1-3-7-14/h1-11,13,24H,12H2. The highest BCUT2D eigenvalue weighted by atomic mass is 35.5. The Labute approximate surface area is 144 Å². The number of hydrogen-bond acceptors (Lipinski definition) is 0. The SMILES string of the molecule is Fc1c(-c2ccccc2Cl)[nH]c2ccc(Cc3ccccc3)cc12. The Hall–Kier alpha value is -2.58. The second-order valence-corrected chi connectivity index (χ2v) is 6.24. The Balaban J connectivity index is 1.78. The zero-order valence-corrected chi connectivity index (χ0v) is 13.6. The molecule has 0 aliphatic carbocycles. The van der Waals surface area contributed by atoms with Crippen LogP contribution in [0.15, 0.2) is 72.8 Å². The maximum atomic E-state index is 14.9. The zero-order chi connectivity index (χ0) is 16.5. The first-order valence-electron chi connectivity index (χ1n) is 7.81. The van der Waals surface area contributed by atoms with E-state index >= 15 is 0 Å². The van der Waals surface area contributed by atoms with Crippen molar-refractivity contribution in [2.24, 2.45) is 0 Å². The monoisotopic (exact) mass is 335 g/mol. The molecule has 3 aromatic carbocycles. The van der Waals surface area contributed by atoms with Crippen molar-refractivity contribution in [2.45, 2.75) is 6.42 Å². The van der Waals surface area contributed by atoms with E-state index in [1.54, 1.807) is 6.07 Å². The zero-order valence-electron chi connectivity index (χ0n) is 12.9. The number of rotatable bonds is 3. The van der Waals surface area contributed by atoms with Crippen molar-refractivity contribution in [3.63, 3.8) is 0 Å². The minimum atomic E-state index is -0.256. The van der Waals surface area contributed by atoms with E-state index in [4.69, 9.17) is 11.6 Å². The molecular formula is C21H15ClFN. The minimum absolute atomic E-state index is 0.256. The second kappa shape index (κ2) is 6.14. The van der Waals surface area contributed by atoms with E-state index in [-0.39, 0.29) is 5.82 Å². The molecule has 1 aromatic heterocycles. The largest absolute Gasteiger partial charge is 0.352 e. The highest BCUT2D eigenvalue weighted by molar-refractivity contribution is 6.33. The van der Waals surface area contributed by atoms with E-state index in [2.05, 4.69) is 17.1 Å². The van der Waals surface area contributed by atoms with Crippen LogP contribution >= 0.6 is 11.6 Å². The number of hydrogen-bond donors (Lipinski definition) is 1. The fourth-order valence-electron chi connectivity index (χ4n) is 3.00. The lowest BCUT2D eigenvalue weighted by Gasteiger charge is -2.02. The van der Waals surface area contributed by atoms with Gasteiger partial charge >= 0.3 is 0 Å². The predicted molar refractivity (Wildman–Crippen MR) is 98.0 cm³/mol. The molecule has 118 valence electrons. The van der Waals surface area contributed by atoms with E-state index < -0.39 is 0 Å². The van der Waals surface area contributed by atoms with Crippen LogP contribution in [0.25, 0.3) is 22.2 Å². The van der Waals surface area contributed by atoms with Crippen LogP contribution < -0.4 is 0 Å². The summed E-state index contributed by atoms with van der Waals surface area (Å²) in [5.74, 6) is -0.256. The number of halogens is 2. The second-order valence-electron chi connectivity index (χ2n) is 5.84. The lowest BCUT2D eigenvalue weighted by Crippen LogP contribution is -1.87. The molecule has 0 unspecified atom stereocenters. The van der Waals surface area contributed by atoms with E-state index in [1.165, 1.54) is 5.56 Å². The van der Waals surface area contributed by atoms with E-state index in [0.717, 1.165) is 17.5 Å². The predicted octanol–water partition coefficient (Wildman–Crippen LogP) is 6.22. The van der Waals surface area contributed by atoms with E-state index in [9.17, 15) is 4.39 Å². The number of aromatic nitrogens is 1. The number of nitrogens with one attached hydrogen (secondary N) is 1. The molecule has 24 heavy (non-hydrogen) atoms. The van der Waals surface area contributed by atoms with Gasteiger partial charge in [-0.05, 0) is 35.7 Å². The van der Waals surface area contributed by atoms with Gasteiger partial charge in [0.25, 0.3) is 0 Å². The van der Waals surface area contributed by atoms with Crippen LogP contribution in [0.2, 0.25) is 5.02 Å². The van der Waals surface area contributed by atoms with Crippen molar-refractivity contribution >= 4 is 22.5 Å². The average molecular weight is 336 g/mol. The van der Waals surface area contributed by atoms with Crippen molar-refractivity contribution < 1.29 is 4.39 Å². The molecular weight excluding hydrogens is 321 g/mol. The summed E-state index contributed by atoms with van der Waals surface area (Å²) in [5, 5.41) is 1.13. The molecule has 1 nitrogen and oxygen atoms in total. The molecule has 0 fully saturated rings. The molecule has 4 aromatic rings. The highest BCUT2D eigenvalue weighted by Gasteiger charge is 2.15. The van der Waals surface area contributed by atoms with Crippen LogP contribution in [0.1, 0.15) is 11.1 Å². The Morgan fingerprint density at radius 3 is 2.38 bits per heavy atom. The van der Waals surface area contributed by atoms with E-state index in [0.29, 0.717) is 21.7 Å². The van der Waals surface area contributed by atoms with Crippen molar-refractivity contribution in [2.75, 3.05) is 0 Å². The van der Waals surface area contributed by atoms with Gasteiger partial charge < -0.3 is 4.98 Å². The highest BCUT2D eigenvalue weighted by Crippen LogP contribution is 2.33. The lowest BCUT2D eigenvalue weighted by atomic mass is 10.0. The van der Waals surface area contributed by atoms with Gasteiger partial charge in [0.15, 0.2) is 5.82 Å². The third-order valence-corrected chi connectivity index (χ3v) is 4.52. The number of benzene rings is 3. The molecule has 4 rings (SSSR count). The first-order valence-corrected chi connectivity index (χ1v) is 8.19. The molecule has 0 saturated heterocycles. The number of H-pyrrole nitrogens is 1. The summed E-state index contributed by atoms with van der Waals surface area (Å²) in [6.45, 7) is 0. The molecule has 3 heteroatoms. The van der Waals surface area contributed by atoms with Crippen LogP contribution in [0, 0.1) is 5.82 Å². The van der Waals surface area contributed by atoms with E-state index in [1.807, 2.05) is 54.6 Å². The Morgan fingerprint density at radius 1 is 0.833 bits per heavy atom. The van der Waals surface area contributed by atoms with Crippen molar-refractivity contribution in [1.29, 1.82) is 0 Å². The molecule has 0 aliphatic heterocycles. The lowest BCUT2D eigenvalue weighted by molar-refractivity contribution is 0.643. The first kappa shape index (κ1) is 15.0. The van der Waals surface area contributed by atoms with Gasteiger partial charge in [0.1, 0.15) is 0 Å². The van der Waals surface area contributed by atoms with Crippen LogP contribution in [-0.2, 0) is 6.42 Å². The molecule has 0 aliphatic rings. The summed E-state index contributed by atoms with van der Waals surface area (Å²) in [5.41, 5.74) is 4.18. The summed E-state index contributed by atoms with van der Waals surface area (Å²) in [4.78, 5) is 3.15. The third kappa shape index (κ3) is 2.70. The normalized spacial score (nSPS) is 11.1. The van der Waals surface area contributed by atoms with Gasteiger partial charge in [-0.1, -0.05) is 66.2 Å². The van der Waals surface area contributed by atoms with Crippen LogP contribution in [-0.4, -0.2) is 4.98 Å². The van der Waals surface area contributed by atoms with Gasteiger partial charge in [-0.2, -0.15) is 0 Å². The summed E-state index contributed by atoms with van der Waals surface area (Å²) >= 11 is 6.21. The topological polar surface area (TPSA) is 15.8 Å². The fourth-order valence-corrected chi connectivity index (χ4v) is 3.23. The Bertz CT molecular complexity index is 1000. The van der Waals surface area contributed by atoms with Gasteiger partial charge in [-0.15, -0.1) is 0 Å². The Morgan fingerprint density at radius 2 is 1.58 bits per heavy atom. The summed E-state index contributed by atoms with van der Waals surface area (Å²) in [6, 6.07) is 23.3. The van der Waals surface area contributed by atoms with Crippen LogP contribution in [0.3, 0.4) is 0 Å². The van der Waals surface area contributed by atoms with Gasteiger partial charge in [0.2, 0.25) is 0 Å². The maximum Gasteiger partial charge on any atom is 0.156 e. The number of fused-ring (bicyclic) bond motifs is 1. The van der Waals surface area contributed by atoms with Gasteiger partial charge in [0, 0.05) is 21.5 Å². The third-order valence-electron chi connectivity index (χ3n) is 4.19. The summed E-state index contributed by atoms with van der Waals surface area (Å²) in [7, 11) is 0. The molecule has 1 N–H and O–H groups in total. The maximum absolute atomic E-state index is 14.9. The molecule has 1 heterocycles. The van der Waals surface area contributed by atoms with Crippen molar-refractivity contribution in [1.82, 2.24) is 4.98 Å². The molecule has 0 amide bonds. The molecule has 0 bridgehead atoms. The van der Waals surface area contributed by atoms with Crippen molar-refractivity contribution in [3.05, 3.63) is 94.8 Å². The fraction of sp³-hybridized carbons (Fsp3) is 0.0476. The number of aromatic amines is 1. The quantitative estimate of drug-likeness (QED) is 0.457. The first-order chi connectivity index (χ1) is 11.7. The summed E-state index contributed by atoms with van der Waals surface area (Å²) < 4.78 is 14.9. The minimum Gasteiger partial charge on any atom is -0.352 e. The van der Waals surface area contributed by atoms with Crippen LogP contribution in [0.4, 0.5) is 4.39 Å². The van der Waals surface area contributed by atoms with Crippen LogP contribution in [0.5, 0.6) is 0 Å². The molecule has 0 spiro atoms. The molecule has 0 saturated carbocycles. The van der Waals surface area contributed by atoms with Gasteiger partial charge in [0.05, 0.1) is 5.69 Å². The van der Waals surface area contributed by atoms with Crippen molar-refractivity contribution in [3.8, 4) is 11.3 Å². The average Bonchev–Trinajstić information content (AvgIpc) is 2.93. The smallest absolute Gasteiger partial charge is 0.156 e. The Kier molecular flexibility index (Phi) is 3.83. The molecule has 0 radical (unpaired) electrons. The molecule has 0 atom stereocenters. The van der Waals surface area contributed by atoms with Gasteiger partial charge in [-0.25, -0.2) is 4.39 Å².